The third kappa shape index (κ3) is 7.44. The molecule has 1 unspecified atom stereocenters. The van der Waals surface area contributed by atoms with Gasteiger partial charge in [0, 0.05) is 33.7 Å². The Labute approximate surface area is 152 Å². The van der Waals surface area contributed by atoms with E-state index >= 15 is 0 Å². The second kappa shape index (κ2) is 10.4. The molecule has 1 atom stereocenters. The Morgan fingerprint density at radius 1 is 1.32 bits per heavy atom. The standard InChI is InChI=1S/C18H32N4O2S/c1-6-25(23,24)22(5)12-8-11-20-18(19-4)21-14-16(3)17-10-7-9-15(2)13-17/h7,9-10,13,16H,6,8,11-12,14H2,1-5H3,(H2,19,20,21). The van der Waals surface area contributed by atoms with Gasteiger partial charge in [-0.3, -0.25) is 4.99 Å². The monoisotopic (exact) mass is 368 g/mol. The van der Waals surface area contributed by atoms with Crippen LogP contribution in [0.1, 0.15) is 37.3 Å². The van der Waals surface area contributed by atoms with Crippen molar-refractivity contribution in [3.05, 3.63) is 35.4 Å². The van der Waals surface area contributed by atoms with E-state index in [-0.39, 0.29) is 5.75 Å². The fourth-order valence-electron chi connectivity index (χ4n) is 2.43. The van der Waals surface area contributed by atoms with E-state index in [1.807, 2.05) is 0 Å². The molecule has 25 heavy (non-hydrogen) atoms. The van der Waals surface area contributed by atoms with Gasteiger partial charge in [0.15, 0.2) is 5.96 Å². The third-order valence-corrected chi connectivity index (χ3v) is 6.05. The van der Waals surface area contributed by atoms with Gasteiger partial charge in [-0.1, -0.05) is 36.8 Å². The lowest BCUT2D eigenvalue weighted by Crippen LogP contribution is -2.40. The first-order chi connectivity index (χ1) is 11.8. The topological polar surface area (TPSA) is 73.8 Å². The molecule has 7 heteroatoms. The Hall–Kier alpha value is -1.60. The zero-order chi connectivity index (χ0) is 18.9. The largest absolute Gasteiger partial charge is 0.356 e. The van der Waals surface area contributed by atoms with E-state index in [1.165, 1.54) is 15.4 Å². The molecule has 142 valence electrons. The molecule has 1 aromatic rings. The number of nitrogens with one attached hydrogen (secondary N) is 2. The molecule has 0 radical (unpaired) electrons. The van der Waals surface area contributed by atoms with Crippen molar-refractivity contribution >= 4 is 16.0 Å². The maximum absolute atomic E-state index is 11.7. The molecule has 0 aliphatic rings. The van der Waals surface area contributed by atoms with Crippen molar-refractivity contribution in [1.29, 1.82) is 0 Å². The first-order valence-electron chi connectivity index (χ1n) is 8.75. The Bertz CT molecular complexity index is 659. The van der Waals surface area contributed by atoms with Crippen LogP contribution in [0.3, 0.4) is 0 Å². The van der Waals surface area contributed by atoms with Gasteiger partial charge in [0.05, 0.1) is 5.75 Å². The van der Waals surface area contributed by atoms with Crippen LogP contribution < -0.4 is 10.6 Å². The normalized spacial score (nSPS) is 13.8. The lowest BCUT2D eigenvalue weighted by atomic mass is 9.99. The van der Waals surface area contributed by atoms with Crippen molar-refractivity contribution in [1.82, 2.24) is 14.9 Å². The van der Waals surface area contributed by atoms with Gasteiger partial charge in [-0.25, -0.2) is 12.7 Å². The van der Waals surface area contributed by atoms with Gasteiger partial charge >= 0.3 is 0 Å². The average molecular weight is 369 g/mol. The molecule has 0 spiro atoms. The van der Waals surface area contributed by atoms with Crippen LogP contribution in [0.4, 0.5) is 0 Å². The van der Waals surface area contributed by atoms with Crippen LogP contribution in [0.25, 0.3) is 0 Å². The van der Waals surface area contributed by atoms with Crippen LogP contribution in [0.15, 0.2) is 29.3 Å². The lowest BCUT2D eigenvalue weighted by molar-refractivity contribution is 0.461. The van der Waals surface area contributed by atoms with Gasteiger partial charge < -0.3 is 10.6 Å². The number of hydrogen-bond acceptors (Lipinski definition) is 3. The summed E-state index contributed by atoms with van der Waals surface area (Å²) in [5, 5.41) is 6.55. The van der Waals surface area contributed by atoms with Crippen molar-refractivity contribution in [3.8, 4) is 0 Å². The van der Waals surface area contributed by atoms with Gasteiger partial charge in [-0.2, -0.15) is 0 Å². The Morgan fingerprint density at radius 2 is 2.04 bits per heavy atom. The Morgan fingerprint density at radius 3 is 2.64 bits per heavy atom. The maximum atomic E-state index is 11.7. The maximum Gasteiger partial charge on any atom is 0.213 e. The predicted molar refractivity (Wildman–Crippen MR) is 106 cm³/mol. The van der Waals surface area contributed by atoms with Crippen LogP contribution >= 0.6 is 0 Å². The Balaban J connectivity index is 2.36. The number of benzene rings is 1. The molecule has 0 saturated heterocycles. The first kappa shape index (κ1) is 21.4. The summed E-state index contributed by atoms with van der Waals surface area (Å²) in [5.41, 5.74) is 2.56. The van der Waals surface area contributed by atoms with Crippen LogP contribution in [-0.2, 0) is 10.0 Å². The van der Waals surface area contributed by atoms with Gasteiger partial charge in [-0.15, -0.1) is 0 Å². The number of aliphatic imine (C=N–C) groups is 1. The van der Waals surface area contributed by atoms with Crippen molar-refractivity contribution in [2.45, 2.75) is 33.1 Å². The minimum atomic E-state index is -3.10. The number of aryl methyl sites for hydroxylation is 1. The number of rotatable bonds is 9. The minimum absolute atomic E-state index is 0.136. The average Bonchev–Trinajstić information content (AvgIpc) is 2.60. The van der Waals surface area contributed by atoms with E-state index in [2.05, 4.69) is 53.7 Å². The van der Waals surface area contributed by atoms with Gasteiger partial charge in [-0.05, 0) is 31.7 Å². The zero-order valence-electron chi connectivity index (χ0n) is 16.0. The summed E-state index contributed by atoms with van der Waals surface area (Å²) in [7, 11) is 0.256. The summed E-state index contributed by atoms with van der Waals surface area (Å²) < 4.78 is 24.8. The van der Waals surface area contributed by atoms with Crippen molar-refractivity contribution in [2.75, 3.05) is 39.5 Å². The summed E-state index contributed by atoms with van der Waals surface area (Å²) in [6.45, 7) is 7.89. The second-order valence-corrected chi connectivity index (χ2v) is 8.64. The highest BCUT2D eigenvalue weighted by atomic mass is 32.2. The minimum Gasteiger partial charge on any atom is -0.356 e. The van der Waals surface area contributed by atoms with Crippen LogP contribution in [0.2, 0.25) is 0 Å². The second-order valence-electron chi connectivity index (χ2n) is 6.27. The van der Waals surface area contributed by atoms with Crippen molar-refractivity contribution in [3.63, 3.8) is 0 Å². The van der Waals surface area contributed by atoms with Gasteiger partial charge in [0.1, 0.15) is 0 Å². The molecular weight excluding hydrogens is 336 g/mol. The molecule has 1 aromatic carbocycles. The molecule has 1 rings (SSSR count). The molecule has 0 saturated carbocycles. The number of guanidine groups is 1. The molecule has 2 N–H and O–H groups in total. The lowest BCUT2D eigenvalue weighted by Gasteiger charge is -2.18. The smallest absolute Gasteiger partial charge is 0.213 e. The SMILES string of the molecule is CCS(=O)(=O)N(C)CCCNC(=NC)NCC(C)c1cccc(C)c1. The van der Waals surface area contributed by atoms with Gasteiger partial charge in [0.2, 0.25) is 10.0 Å². The van der Waals surface area contributed by atoms with E-state index in [0.29, 0.717) is 19.0 Å². The molecular formula is C18H32N4O2S. The van der Waals surface area contributed by atoms with Crippen LogP contribution in [-0.4, -0.2) is 58.2 Å². The van der Waals surface area contributed by atoms with Crippen molar-refractivity contribution < 1.29 is 8.42 Å². The molecule has 0 fully saturated rings. The molecule has 0 heterocycles. The van der Waals surface area contributed by atoms with Crippen LogP contribution in [0, 0.1) is 6.92 Å². The van der Waals surface area contributed by atoms with Crippen LogP contribution in [0.5, 0.6) is 0 Å². The number of nitrogens with zero attached hydrogens (tertiary/aromatic N) is 2. The molecule has 0 bridgehead atoms. The summed E-state index contributed by atoms with van der Waals surface area (Å²) in [5.74, 6) is 1.25. The molecule has 6 nitrogen and oxygen atoms in total. The summed E-state index contributed by atoms with van der Waals surface area (Å²) in [6.07, 6.45) is 0.726. The van der Waals surface area contributed by atoms with E-state index in [0.717, 1.165) is 18.9 Å². The fourth-order valence-corrected chi connectivity index (χ4v) is 3.28. The number of hydrogen-bond donors (Lipinski definition) is 2. The van der Waals surface area contributed by atoms with E-state index in [9.17, 15) is 8.42 Å². The third-order valence-electron chi connectivity index (χ3n) is 4.19. The summed E-state index contributed by atoms with van der Waals surface area (Å²) >= 11 is 0. The van der Waals surface area contributed by atoms with E-state index in [1.54, 1.807) is 21.0 Å². The zero-order valence-corrected chi connectivity index (χ0v) is 16.9. The molecule has 0 amide bonds. The van der Waals surface area contributed by atoms with Gasteiger partial charge in [0.25, 0.3) is 0 Å². The molecule has 0 aromatic heterocycles. The highest BCUT2D eigenvalue weighted by Crippen LogP contribution is 2.15. The predicted octanol–water partition coefficient (Wildman–Crippen LogP) is 1.94. The quantitative estimate of drug-likeness (QED) is 0.397. The van der Waals surface area contributed by atoms with Crippen molar-refractivity contribution in [2.24, 2.45) is 4.99 Å². The Kier molecular flexibility index (Phi) is 8.92. The fraction of sp³-hybridized carbons (Fsp3) is 0.611. The van der Waals surface area contributed by atoms with E-state index in [4.69, 9.17) is 0 Å². The van der Waals surface area contributed by atoms with E-state index < -0.39 is 10.0 Å². The first-order valence-corrected chi connectivity index (χ1v) is 10.4. The highest BCUT2D eigenvalue weighted by Gasteiger charge is 2.14. The highest BCUT2D eigenvalue weighted by molar-refractivity contribution is 7.89. The number of sulfonamides is 1. The molecule has 0 aliphatic carbocycles. The summed E-state index contributed by atoms with van der Waals surface area (Å²) in [6, 6.07) is 8.51. The summed E-state index contributed by atoms with van der Waals surface area (Å²) in [4.78, 5) is 4.22. The molecule has 0 aliphatic heterocycles.